The minimum atomic E-state index is -0.890. The maximum atomic E-state index is 12.1. The molecule has 1 fully saturated rings. The molecule has 0 atom stereocenters. The van der Waals surface area contributed by atoms with Crippen molar-refractivity contribution in [2.45, 2.75) is 25.5 Å². The van der Waals surface area contributed by atoms with E-state index < -0.39 is 6.09 Å². The van der Waals surface area contributed by atoms with Crippen molar-refractivity contribution >= 4 is 17.7 Å². The van der Waals surface area contributed by atoms with Crippen LogP contribution >= 0.6 is 0 Å². The number of carbonyl (C=O) groups is 2. The van der Waals surface area contributed by atoms with Gasteiger partial charge >= 0.3 is 6.09 Å². The predicted molar refractivity (Wildman–Crippen MR) is 79.9 cm³/mol. The third-order valence-electron chi connectivity index (χ3n) is 4.26. The fourth-order valence-corrected chi connectivity index (χ4v) is 3.01. The summed E-state index contributed by atoms with van der Waals surface area (Å²) in [7, 11) is 1.73. The van der Waals surface area contributed by atoms with Gasteiger partial charge in [0.25, 0.3) is 5.91 Å². The quantitative estimate of drug-likeness (QED) is 0.805. The van der Waals surface area contributed by atoms with E-state index in [4.69, 9.17) is 15.6 Å². The number of fused-ring (bicyclic) bond motifs is 1. The van der Waals surface area contributed by atoms with Gasteiger partial charge in [-0.2, -0.15) is 0 Å². The summed E-state index contributed by atoms with van der Waals surface area (Å²) >= 11 is 0. The van der Waals surface area contributed by atoms with Crippen LogP contribution in [0.2, 0.25) is 0 Å². The largest absolute Gasteiger partial charge is 0.490 e. The Morgan fingerprint density at radius 2 is 2.05 bits per heavy atom. The molecule has 0 saturated carbocycles. The molecule has 0 spiro atoms. The normalized spacial score (nSPS) is 18.5. The summed E-state index contributed by atoms with van der Waals surface area (Å²) in [4.78, 5) is 26.0. The Morgan fingerprint density at radius 1 is 1.36 bits per heavy atom. The lowest BCUT2D eigenvalue weighted by Crippen LogP contribution is -2.41. The lowest BCUT2D eigenvalue weighted by atomic mass is 10.1. The van der Waals surface area contributed by atoms with E-state index in [9.17, 15) is 9.59 Å². The summed E-state index contributed by atoms with van der Waals surface area (Å²) in [6.45, 7) is 1.43. The molecule has 118 valence electrons. The highest BCUT2D eigenvalue weighted by molar-refractivity contribution is 6.03. The number of carbonyl (C=O) groups excluding carboxylic acids is 1. The Bertz CT molecular complexity index is 623. The number of amides is 2. The number of anilines is 1. The number of piperidine rings is 1. The Kier molecular flexibility index (Phi) is 3.56. The number of likely N-dealkylation sites (tertiary alicyclic amines) is 1. The molecule has 2 aliphatic rings. The highest BCUT2D eigenvalue weighted by Gasteiger charge is 2.31. The van der Waals surface area contributed by atoms with Crippen LogP contribution in [0.4, 0.5) is 10.5 Å². The van der Waals surface area contributed by atoms with Crippen LogP contribution in [0, 0.1) is 0 Å². The zero-order valence-corrected chi connectivity index (χ0v) is 12.4. The van der Waals surface area contributed by atoms with Gasteiger partial charge in [0.2, 0.25) is 0 Å². The molecule has 7 heteroatoms. The van der Waals surface area contributed by atoms with Gasteiger partial charge in [-0.25, -0.2) is 4.79 Å². The minimum absolute atomic E-state index is 0.0377. The molecule has 7 nitrogen and oxygen atoms in total. The third-order valence-corrected chi connectivity index (χ3v) is 4.26. The molecule has 2 heterocycles. The van der Waals surface area contributed by atoms with Gasteiger partial charge in [-0.3, -0.25) is 4.79 Å². The fourth-order valence-electron chi connectivity index (χ4n) is 3.01. The van der Waals surface area contributed by atoms with Crippen molar-refractivity contribution in [3.05, 3.63) is 23.3 Å². The number of nitrogen functional groups attached to an aromatic ring is 1. The predicted octanol–water partition coefficient (Wildman–Crippen LogP) is 1.38. The second kappa shape index (κ2) is 5.40. The van der Waals surface area contributed by atoms with E-state index in [1.807, 2.05) is 0 Å². The van der Waals surface area contributed by atoms with Crippen LogP contribution in [-0.2, 0) is 6.54 Å². The van der Waals surface area contributed by atoms with Crippen molar-refractivity contribution < 1.29 is 19.4 Å². The van der Waals surface area contributed by atoms with Crippen molar-refractivity contribution in [2.75, 3.05) is 25.9 Å². The first-order chi connectivity index (χ1) is 10.5. The molecule has 0 unspecified atom stereocenters. The molecule has 0 aliphatic carbocycles. The van der Waals surface area contributed by atoms with Crippen LogP contribution in [0.1, 0.15) is 28.8 Å². The Balaban J connectivity index is 1.75. The average molecular weight is 305 g/mol. The van der Waals surface area contributed by atoms with Crippen LogP contribution in [0.3, 0.4) is 0 Å². The number of rotatable bonds is 2. The zero-order chi connectivity index (χ0) is 15.9. The van der Waals surface area contributed by atoms with E-state index >= 15 is 0 Å². The summed E-state index contributed by atoms with van der Waals surface area (Å²) in [5, 5.41) is 8.96. The lowest BCUT2D eigenvalue weighted by Gasteiger charge is -2.30. The summed E-state index contributed by atoms with van der Waals surface area (Å²) in [6, 6.07) is 3.49. The molecule has 22 heavy (non-hydrogen) atoms. The maximum absolute atomic E-state index is 12.1. The molecule has 1 aromatic rings. The number of nitrogens with two attached hydrogens (primary N) is 1. The lowest BCUT2D eigenvalue weighted by molar-refractivity contribution is 0.0816. The maximum Gasteiger partial charge on any atom is 0.407 e. The molecule has 1 saturated heterocycles. The van der Waals surface area contributed by atoms with E-state index in [0.717, 1.165) is 5.56 Å². The van der Waals surface area contributed by atoms with Crippen LogP contribution in [0.25, 0.3) is 0 Å². The van der Waals surface area contributed by atoms with Gasteiger partial charge in [0.15, 0.2) is 0 Å². The number of hydrogen-bond acceptors (Lipinski definition) is 4. The first-order valence-electron chi connectivity index (χ1n) is 7.28. The van der Waals surface area contributed by atoms with E-state index in [1.54, 1.807) is 24.1 Å². The van der Waals surface area contributed by atoms with Gasteiger partial charge in [-0.15, -0.1) is 0 Å². The summed E-state index contributed by atoms with van der Waals surface area (Å²) in [5.41, 5.74) is 7.73. The fraction of sp³-hybridized carbons (Fsp3) is 0.467. The van der Waals surface area contributed by atoms with Crippen molar-refractivity contribution in [1.82, 2.24) is 9.80 Å². The topological polar surface area (TPSA) is 96.1 Å². The molecule has 2 amide bonds. The number of nitrogens with zero attached hydrogens (tertiary/aromatic N) is 2. The van der Waals surface area contributed by atoms with E-state index in [1.165, 1.54) is 4.90 Å². The molecule has 1 aromatic carbocycles. The molecule has 3 rings (SSSR count). The van der Waals surface area contributed by atoms with Gasteiger partial charge in [-0.05, 0) is 12.1 Å². The minimum Gasteiger partial charge on any atom is -0.490 e. The first-order valence-corrected chi connectivity index (χ1v) is 7.28. The zero-order valence-electron chi connectivity index (χ0n) is 12.4. The summed E-state index contributed by atoms with van der Waals surface area (Å²) in [5.74, 6) is 0.592. The van der Waals surface area contributed by atoms with Crippen LogP contribution < -0.4 is 10.5 Å². The van der Waals surface area contributed by atoms with Crippen molar-refractivity contribution in [3.8, 4) is 5.75 Å². The van der Waals surface area contributed by atoms with E-state index in [0.29, 0.717) is 49.5 Å². The summed E-state index contributed by atoms with van der Waals surface area (Å²) < 4.78 is 6.02. The first kappa shape index (κ1) is 14.5. The van der Waals surface area contributed by atoms with Crippen LogP contribution in [0.15, 0.2) is 12.1 Å². The molecular formula is C15H19N3O4. The molecule has 3 N–H and O–H groups in total. The van der Waals surface area contributed by atoms with Gasteiger partial charge in [0, 0.05) is 44.2 Å². The van der Waals surface area contributed by atoms with E-state index in [2.05, 4.69) is 0 Å². The number of hydrogen-bond donors (Lipinski definition) is 2. The van der Waals surface area contributed by atoms with Crippen molar-refractivity contribution in [3.63, 3.8) is 0 Å². The van der Waals surface area contributed by atoms with Crippen LogP contribution in [0.5, 0.6) is 5.75 Å². The van der Waals surface area contributed by atoms with Crippen molar-refractivity contribution in [2.24, 2.45) is 0 Å². The van der Waals surface area contributed by atoms with Crippen LogP contribution in [-0.4, -0.2) is 53.1 Å². The molecular weight excluding hydrogens is 286 g/mol. The van der Waals surface area contributed by atoms with Gasteiger partial charge in [0.05, 0.1) is 12.1 Å². The third kappa shape index (κ3) is 2.43. The highest BCUT2D eigenvalue weighted by Crippen LogP contribution is 2.35. The van der Waals surface area contributed by atoms with E-state index in [-0.39, 0.29) is 12.0 Å². The Hall–Kier alpha value is -2.44. The Morgan fingerprint density at radius 3 is 2.68 bits per heavy atom. The molecule has 0 aromatic heterocycles. The molecule has 0 radical (unpaired) electrons. The Labute approximate surface area is 128 Å². The van der Waals surface area contributed by atoms with Gasteiger partial charge < -0.3 is 25.4 Å². The number of carboxylic acid groups (broad SMARTS) is 1. The molecule has 0 bridgehead atoms. The highest BCUT2D eigenvalue weighted by atomic mass is 16.5. The average Bonchev–Trinajstić information content (AvgIpc) is 2.79. The SMILES string of the molecule is CN1Cc2c(OC3CCN(C(=O)O)CC3)ccc(N)c2C1=O. The van der Waals surface area contributed by atoms with Crippen molar-refractivity contribution in [1.29, 1.82) is 0 Å². The second-order valence-corrected chi connectivity index (χ2v) is 5.75. The van der Waals surface area contributed by atoms with Gasteiger partial charge in [0.1, 0.15) is 11.9 Å². The second-order valence-electron chi connectivity index (χ2n) is 5.75. The summed E-state index contributed by atoms with van der Waals surface area (Å²) in [6.07, 6.45) is 0.369. The number of benzene rings is 1. The number of ether oxygens (including phenoxy) is 1. The monoisotopic (exact) mass is 305 g/mol. The standard InChI is InChI=1S/C15H19N3O4/c1-17-8-10-12(3-2-11(16)13(10)14(17)19)22-9-4-6-18(7-5-9)15(20)21/h2-3,9H,4-8,16H2,1H3,(H,20,21). The van der Waals surface area contributed by atoms with Gasteiger partial charge in [-0.1, -0.05) is 0 Å². The molecule has 2 aliphatic heterocycles. The smallest absolute Gasteiger partial charge is 0.407 e.